The molecule has 0 amide bonds. The van der Waals surface area contributed by atoms with Crippen LogP contribution in [0.3, 0.4) is 0 Å². The molecule has 29 heavy (non-hydrogen) atoms. The Balaban J connectivity index is 1.90. The van der Waals surface area contributed by atoms with Crippen molar-refractivity contribution in [3.8, 4) is 5.75 Å². The number of esters is 1. The highest BCUT2D eigenvalue weighted by molar-refractivity contribution is 7.89. The first-order valence-electron chi connectivity index (χ1n) is 9.32. The molecule has 2 atom stereocenters. The fourth-order valence-corrected chi connectivity index (χ4v) is 5.54. The number of carbonyl (C=O) groups excluding carboxylic acids is 1. The number of morpholine rings is 1. The van der Waals surface area contributed by atoms with Gasteiger partial charge in [0.05, 0.1) is 22.8 Å². The smallest absolute Gasteiger partial charge is 0.343 e. The predicted octanol–water partition coefficient (Wildman–Crippen LogP) is 3.97. The number of hydrogen-bond acceptors (Lipinski definition) is 5. The molecule has 0 N–H and O–H groups in total. The quantitative estimate of drug-likeness (QED) is 0.534. The van der Waals surface area contributed by atoms with Gasteiger partial charge in [-0.25, -0.2) is 13.2 Å². The molecule has 1 fully saturated rings. The van der Waals surface area contributed by atoms with Gasteiger partial charge in [0.1, 0.15) is 10.6 Å². The molecule has 0 bridgehead atoms. The number of aryl methyl sites for hydroxylation is 2. The number of rotatable bonds is 4. The van der Waals surface area contributed by atoms with E-state index < -0.39 is 16.0 Å². The molecule has 6 nitrogen and oxygen atoms in total. The molecule has 3 rings (SSSR count). The van der Waals surface area contributed by atoms with E-state index in [1.54, 1.807) is 12.1 Å². The van der Waals surface area contributed by atoms with Gasteiger partial charge < -0.3 is 9.47 Å². The first-order chi connectivity index (χ1) is 13.6. The highest BCUT2D eigenvalue weighted by atomic mass is 35.5. The van der Waals surface area contributed by atoms with Crippen LogP contribution >= 0.6 is 11.6 Å². The molecule has 0 spiro atoms. The van der Waals surface area contributed by atoms with Crippen LogP contribution < -0.4 is 4.74 Å². The van der Waals surface area contributed by atoms with Crippen LogP contribution in [-0.4, -0.2) is 44.0 Å². The van der Waals surface area contributed by atoms with Crippen molar-refractivity contribution in [1.29, 1.82) is 0 Å². The van der Waals surface area contributed by atoms with Gasteiger partial charge in [0, 0.05) is 13.1 Å². The Morgan fingerprint density at radius 1 is 1.07 bits per heavy atom. The Kier molecular flexibility index (Phi) is 6.33. The number of sulfonamides is 1. The van der Waals surface area contributed by atoms with Gasteiger partial charge in [0.15, 0.2) is 0 Å². The van der Waals surface area contributed by atoms with Gasteiger partial charge in [-0.1, -0.05) is 17.7 Å². The molecule has 8 heteroatoms. The zero-order valence-electron chi connectivity index (χ0n) is 16.8. The van der Waals surface area contributed by atoms with Gasteiger partial charge in [0.2, 0.25) is 10.0 Å². The number of nitrogens with zero attached hydrogens (tertiary/aromatic N) is 1. The lowest BCUT2D eigenvalue weighted by Gasteiger charge is -2.34. The Morgan fingerprint density at radius 3 is 2.24 bits per heavy atom. The summed E-state index contributed by atoms with van der Waals surface area (Å²) in [4.78, 5) is 12.5. The van der Waals surface area contributed by atoms with Crippen LogP contribution in [-0.2, 0) is 14.8 Å². The van der Waals surface area contributed by atoms with E-state index in [9.17, 15) is 13.2 Å². The topological polar surface area (TPSA) is 72.9 Å². The van der Waals surface area contributed by atoms with Crippen LogP contribution in [0.4, 0.5) is 0 Å². The van der Waals surface area contributed by atoms with E-state index in [1.807, 2.05) is 33.8 Å². The van der Waals surface area contributed by atoms with E-state index in [-0.39, 0.29) is 40.8 Å². The van der Waals surface area contributed by atoms with E-state index >= 15 is 0 Å². The summed E-state index contributed by atoms with van der Waals surface area (Å²) in [5.74, 6) is -0.241. The normalized spacial score (nSPS) is 20.4. The van der Waals surface area contributed by atoms with Crippen molar-refractivity contribution >= 4 is 27.6 Å². The molecule has 2 aromatic carbocycles. The Labute approximate surface area is 176 Å². The van der Waals surface area contributed by atoms with Gasteiger partial charge in [-0.2, -0.15) is 4.31 Å². The van der Waals surface area contributed by atoms with Crippen LogP contribution in [0.5, 0.6) is 5.75 Å². The third kappa shape index (κ3) is 4.98. The maximum Gasteiger partial charge on any atom is 0.343 e. The molecule has 2 aromatic rings. The molecule has 0 radical (unpaired) electrons. The van der Waals surface area contributed by atoms with Crippen molar-refractivity contribution in [2.45, 2.75) is 44.8 Å². The Hall–Kier alpha value is -1.93. The summed E-state index contributed by atoms with van der Waals surface area (Å²) in [5, 5.41) is 0.0553. The maximum atomic E-state index is 13.2. The molecule has 1 saturated heterocycles. The van der Waals surface area contributed by atoms with E-state index in [1.165, 1.54) is 22.5 Å². The molecule has 0 saturated carbocycles. The number of hydrogen-bond donors (Lipinski definition) is 0. The molecule has 2 unspecified atom stereocenters. The molecular formula is C21H24ClNO5S. The summed E-state index contributed by atoms with van der Waals surface area (Å²) in [6.45, 7) is 7.89. The third-order valence-electron chi connectivity index (χ3n) is 4.58. The summed E-state index contributed by atoms with van der Waals surface area (Å²) in [6.07, 6.45) is -0.463. The van der Waals surface area contributed by atoms with Crippen LogP contribution in [0.15, 0.2) is 41.3 Å². The van der Waals surface area contributed by atoms with Crippen molar-refractivity contribution in [2.24, 2.45) is 0 Å². The Bertz CT molecular complexity index is 1010. The molecular weight excluding hydrogens is 414 g/mol. The lowest BCUT2D eigenvalue weighted by atomic mass is 10.1. The van der Waals surface area contributed by atoms with Gasteiger partial charge in [-0.15, -0.1) is 0 Å². The summed E-state index contributed by atoms with van der Waals surface area (Å²) in [5.41, 5.74) is 2.03. The molecule has 1 aliphatic heterocycles. The van der Waals surface area contributed by atoms with E-state index in [0.29, 0.717) is 5.75 Å². The minimum absolute atomic E-state index is 0.0553. The van der Waals surface area contributed by atoms with Gasteiger partial charge in [-0.3, -0.25) is 0 Å². The zero-order chi connectivity index (χ0) is 21.3. The van der Waals surface area contributed by atoms with Crippen molar-refractivity contribution in [3.63, 3.8) is 0 Å². The van der Waals surface area contributed by atoms with Gasteiger partial charge >= 0.3 is 5.97 Å². The van der Waals surface area contributed by atoms with Gasteiger partial charge in [0.25, 0.3) is 0 Å². The molecule has 0 aromatic heterocycles. The molecule has 0 aliphatic carbocycles. The summed E-state index contributed by atoms with van der Waals surface area (Å²) >= 11 is 6.19. The molecule has 1 heterocycles. The van der Waals surface area contributed by atoms with E-state index in [0.717, 1.165) is 11.1 Å². The van der Waals surface area contributed by atoms with E-state index in [2.05, 4.69) is 0 Å². The van der Waals surface area contributed by atoms with Crippen molar-refractivity contribution in [2.75, 3.05) is 13.1 Å². The highest BCUT2D eigenvalue weighted by Crippen LogP contribution is 2.28. The second-order valence-corrected chi connectivity index (χ2v) is 9.75. The average molecular weight is 438 g/mol. The summed E-state index contributed by atoms with van der Waals surface area (Å²) in [7, 11) is -3.89. The predicted molar refractivity (Wildman–Crippen MR) is 111 cm³/mol. The SMILES string of the molecule is Cc1cc(C)cc(OC(=O)c2ccc(Cl)c(S(=O)(=O)N3CC(C)OC(C)C3)c2)c1. The van der Waals surface area contributed by atoms with Crippen LogP contribution in [0.2, 0.25) is 5.02 Å². The van der Waals surface area contributed by atoms with Crippen LogP contribution in [0, 0.1) is 13.8 Å². The minimum Gasteiger partial charge on any atom is -0.423 e. The van der Waals surface area contributed by atoms with Crippen molar-refractivity contribution < 1.29 is 22.7 Å². The number of benzene rings is 2. The van der Waals surface area contributed by atoms with Crippen molar-refractivity contribution in [1.82, 2.24) is 4.31 Å². The number of halogens is 1. The first-order valence-corrected chi connectivity index (χ1v) is 11.1. The summed E-state index contributed by atoms with van der Waals surface area (Å²) in [6, 6.07) is 9.59. The minimum atomic E-state index is -3.89. The third-order valence-corrected chi connectivity index (χ3v) is 6.89. The lowest BCUT2D eigenvalue weighted by Crippen LogP contribution is -2.48. The number of carbonyl (C=O) groups is 1. The van der Waals surface area contributed by atoms with Crippen LogP contribution in [0.25, 0.3) is 0 Å². The molecule has 156 valence electrons. The first kappa shape index (κ1) is 21.8. The second-order valence-electron chi connectivity index (χ2n) is 7.44. The van der Waals surface area contributed by atoms with E-state index in [4.69, 9.17) is 21.1 Å². The van der Waals surface area contributed by atoms with Crippen molar-refractivity contribution in [3.05, 3.63) is 58.1 Å². The number of ether oxygens (including phenoxy) is 2. The van der Waals surface area contributed by atoms with Crippen LogP contribution in [0.1, 0.15) is 35.3 Å². The fourth-order valence-electron chi connectivity index (χ4n) is 3.45. The average Bonchev–Trinajstić information content (AvgIpc) is 2.60. The van der Waals surface area contributed by atoms with Gasteiger partial charge in [-0.05, 0) is 69.2 Å². The zero-order valence-corrected chi connectivity index (χ0v) is 18.4. The highest BCUT2D eigenvalue weighted by Gasteiger charge is 2.34. The lowest BCUT2D eigenvalue weighted by molar-refractivity contribution is -0.0440. The Morgan fingerprint density at radius 2 is 1.66 bits per heavy atom. The monoisotopic (exact) mass is 437 g/mol. The fraction of sp³-hybridized carbons (Fsp3) is 0.381. The second kappa shape index (κ2) is 8.44. The molecule has 1 aliphatic rings. The largest absolute Gasteiger partial charge is 0.423 e. The standard InChI is InChI=1S/C21H24ClNO5S/c1-13-7-14(2)9-18(8-13)28-21(24)17-5-6-19(22)20(10-17)29(25,26)23-11-15(3)27-16(4)12-23/h5-10,15-16H,11-12H2,1-4H3. The maximum absolute atomic E-state index is 13.2. The summed E-state index contributed by atoms with van der Waals surface area (Å²) < 4.78 is 38.7.